The van der Waals surface area contributed by atoms with E-state index in [4.69, 9.17) is 0 Å². The second-order valence-electron chi connectivity index (χ2n) is 6.22. The highest BCUT2D eigenvalue weighted by Crippen LogP contribution is 2.38. The third kappa shape index (κ3) is 2.95. The average Bonchev–Trinajstić information content (AvgIpc) is 3.05. The molecular formula is C15H20N4. The van der Waals surface area contributed by atoms with Gasteiger partial charge in [0.05, 0.1) is 5.69 Å². The Morgan fingerprint density at radius 3 is 2.68 bits per heavy atom. The van der Waals surface area contributed by atoms with Crippen LogP contribution in [-0.2, 0) is 0 Å². The quantitative estimate of drug-likeness (QED) is 0.915. The molecule has 4 nitrogen and oxygen atoms in total. The van der Waals surface area contributed by atoms with Crippen LogP contribution in [0.2, 0.25) is 0 Å². The van der Waals surface area contributed by atoms with Crippen LogP contribution in [0.1, 0.15) is 45.2 Å². The van der Waals surface area contributed by atoms with Crippen molar-refractivity contribution in [2.24, 2.45) is 0 Å². The Hall–Kier alpha value is -1.84. The van der Waals surface area contributed by atoms with Crippen LogP contribution in [-0.4, -0.2) is 20.3 Å². The molecule has 0 bridgehead atoms. The van der Waals surface area contributed by atoms with E-state index in [-0.39, 0.29) is 5.54 Å². The van der Waals surface area contributed by atoms with Crippen molar-refractivity contribution < 1.29 is 0 Å². The van der Waals surface area contributed by atoms with Gasteiger partial charge in [-0.3, -0.25) is 0 Å². The second kappa shape index (κ2) is 4.37. The highest BCUT2D eigenvalue weighted by Gasteiger charge is 2.26. The fourth-order valence-corrected chi connectivity index (χ4v) is 2.07. The maximum absolute atomic E-state index is 4.61. The fraction of sp³-hybridized carbons (Fsp3) is 0.467. The number of rotatable bonds is 3. The Kier molecular flexibility index (Phi) is 2.81. The minimum atomic E-state index is 0.00884. The zero-order chi connectivity index (χ0) is 13.5. The lowest BCUT2D eigenvalue weighted by atomic mass is 10.1. The van der Waals surface area contributed by atoms with Gasteiger partial charge in [0, 0.05) is 17.7 Å². The molecule has 2 heterocycles. The van der Waals surface area contributed by atoms with Gasteiger partial charge < -0.3 is 5.32 Å². The molecule has 0 spiro atoms. The van der Waals surface area contributed by atoms with E-state index in [0.29, 0.717) is 5.92 Å². The van der Waals surface area contributed by atoms with Crippen molar-refractivity contribution in [2.45, 2.75) is 45.1 Å². The summed E-state index contributed by atoms with van der Waals surface area (Å²) >= 11 is 0. The number of pyridine rings is 1. The first-order valence-electron chi connectivity index (χ1n) is 6.82. The van der Waals surface area contributed by atoms with Crippen LogP contribution in [0.25, 0.3) is 5.82 Å². The minimum absolute atomic E-state index is 0.00884. The fourth-order valence-electron chi connectivity index (χ4n) is 2.07. The summed E-state index contributed by atoms with van der Waals surface area (Å²) < 4.78 is 1.86. The van der Waals surface area contributed by atoms with Gasteiger partial charge in [0.1, 0.15) is 5.82 Å². The Bertz CT molecular complexity index is 576. The van der Waals surface area contributed by atoms with Gasteiger partial charge in [0.25, 0.3) is 0 Å². The number of aromatic nitrogens is 3. The van der Waals surface area contributed by atoms with Crippen LogP contribution >= 0.6 is 0 Å². The predicted molar refractivity (Wildman–Crippen MR) is 76.7 cm³/mol. The normalized spacial score (nSPS) is 15.5. The number of hydrogen-bond acceptors (Lipinski definition) is 3. The largest absolute Gasteiger partial charge is 0.365 e. The Labute approximate surface area is 113 Å². The molecule has 1 aliphatic rings. The molecule has 2 aromatic heterocycles. The van der Waals surface area contributed by atoms with Crippen LogP contribution in [0.4, 0.5) is 5.82 Å². The lowest BCUT2D eigenvalue weighted by Gasteiger charge is -2.21. The van der Waals surface area contributed by atoms with E-state index in [1.54, 1.807) is 0 Å². The molecule has 0 radical (unpaired) electrons. The number of anilines is 1. The molecule has 0 aliphatic heterocycles. The van der Waals surface area contributed by atoms with E-state index in [0.717, 1.165) is 11.6 Å². The Morgan fingerprint density at radius 2 is 2.00 bits per heavy atom. The van der Waals surface area contributed by atoms with Gasteiger partial charge in [-0.05, 0) is 51.8 Å². The highest BCUT2D eigenvalue weighted by atomic mass is 15.3. The minimum Gasteiger partial charge on any atom is -0.365 e. The Balaban J connectivity index is 1.85. The predicted octanol–water partition coefficient (Wildman–Crippen LogP) is 3.36. The molecule has 100 valence electrons. The monoisotopic (exact) mass is 256 g/mol. The molecule has 1 fully saturated rings. The molecular weight excluding hydrogens is 236 g/mol. The van der Waals surface area contributed by atoms with E-state index in [1.165, 1.54) is 18.5 Å². The zero-order valence-corrected chi connectivity index (χ0v) is 11.7. The second-order valence-corrected chi connectivity index (χ2v) is 6.22. The summed E-state index contributed by atoms with van der Waals surface area (Å²) in [6.45, 7) is 6.38. The van der Waals surface area contributed by atoms with Crippen LogP contribution in [0.15, 0.2) is 30.5 Å². The molecule has 0 unspecified atom stereocenters. The highest BCUT2D eigenvalue weighted by molar-refractivity contribution is 5.41. The van der Waals surface area contributed by atoms with Gasteiger partial charge in [0.15, 0.2) is 5.82 Å². The molecule has 1 aliphatic carbocycles. The van der Waals surface area contributed by atoms with E-state index < -0.39 is 0 Å². The van der Waals surface area contributed by atoms with Crippen LogP contribution in [0.5, 0.6) is 0 Å². The SMILES string of the molecule is CC(C)(C)Nc1cccc(-n2ccc(C3CC3)n2)n1. The maximum Gasteiger partial charge on any atom is 0.155 e. The van der Waals surface area contributed by atoms with Gasteiger partial charge in [-0.15, -0.1) is 0 Å². The van der Waals surface area contributed by atoms with Crippen molar-refractivity contribution in [3.8, 4) is 5.82 Å². The van der Waals surface area contributed by atoms with Crippen molar-refractivity contribution in [1.29, 1.82) is 0 Å². The molecule has 3 rings (SSSR count). The smallest absolute Gasteiger partial charge is 0.155 e. The molecule has 1 N–H and O–H groups in total. The van der Waals surface area contributed by atoms with Crippen molar-refractivity contribution in [3.63, 3.8) is 0 Å². The summed E-state index contributed by atoms with van der Waals surface area (Å²) in [4.78, 5) is 4.61. The summed E-state index contributed by atoms with van der Waals surface area (Å²) in [7, 11) is 0. The van der Waals surface area contributed by atoms with E-state index >= 15 is 0 Å². The Morgan fingerprint density at radius 1 is 1.21 bits per heavy atom. The summed E-state index contributed by atoms with van der Waals surface area (Å²) in [5, 5.41) is 7.99. The number of nitrogens with one attached hydrogen (secondary N) is 1. The molecule has 0 saturated heterocycles. The van der Waals surface area contributed by atoms with Gasteiger partial charge in [-0.1, -0.05) is 6.07 Å². The number of hydrogen-bond donors (Lipinski definition) is 1. The first-order valence-corrected chi connectivity index (χ1v) is 6.82. The van der Waals surface area contributed by atoms with E-state index in [9.17, 15) is 0 Å². The van der Waals surface area contributed by atoms with Crippen molar-refractivity contribution in [3.05, 3.63) is 36.2 Å². The van der Waals surface area contributed by atoms with Crippen molar-refractivity contribution >= 4 is 5.82 Å². The molecule has 19 heavy (non-hydrogen) atoms. The van der Waals surface area contributed by atoms with Crippen molar-refractivity contribution in [2.75, 3.05) is 5.32 Å². The van der Waals surface area contributed by atoms with E-state index in [1.807, 2.05) is 29.1 Å². The van der Waals surface area contributed by atoms with Gasteiger partial charge in [-0.2, -0.15) is 5.10 Å². The van der Waals surface area contributed by atoms with E-state index in [2.05, 4.69) is 42.2 Å². The van der Waals surface area contributed by atoms with Crippen molar-refractivity contribution in [1.82, 2.24) is 14.8 Å². The van der Waals surface area contributed by atoms with Gasteiger partial charge in [-0.25, -0.2) is 9.67 Å². The first kappa shape index (κ1) is 12.2. The molecule has 0 amide bonds. The lowest BCUT2D eigenvalue weighted by molar-refractivity contribution is 0.629. The lowest BCUT2D eigenvalue weighted by Crippen LogP contribution is -2.26. The average molecular weight is 256 g/mol. The number of nitrogens with zero attached hydrogens (tertiary/aromatic N) is 3. The van der Waals surface area contributed by atoms with Crippen LogP contribution in [0, 0.1) is 0 Å². The van der Waals surface area contributed by atoms with Gasteiger partial charge >= 0.3 is 0 Å². The summed E-state index contributed by atoms with van der Waals surface area (Å²) in [6, 6.07) is 8.08. The molecule has 0 aromatic carbocycles. The summed E-state index contributed by atoms with van der Waals surface area (Å²) in [5.74, 6) is 2.42. The molecule has 2 aromatic rings. The molecule has 0 atom stereocenters. The third-order valence-electron chi connectivity index (χ3n) is 3.08. The maximum atomic E-state index is 4.61. The van der Waals surface area contributed by atoms with Gasteiger partial charge in [0.2, 0.25) is 0 Å². The summed E-state index contributed by atoms with van der Waals surface area (Å²) in [6.07, 6.45) is 4.54. The first-order chi connectivity index (χ1) is 9.01. The van der Waals surface area contributed by atoms with Crippen LogP contribution < -0.4 is 5.32 Å². The zero-order valence-electron chi connectivity index (χ0n) is 11.7. The molecule has 1 saturated carbocycles. The third-order valence-corrected chi connectivity index (χ3v) is 3.08. The topological polar surface area (TPSA) is 42.7 Å². The summed E-state index contributed by atoms with van der Waals surface area (Å²) in [5.41, 5.74) is 1.20. The standard InChI is InChI=1S/C15H20N4/c1-15(2,3)17-13-5-4-6-14(16-13)19-10-9-12(18-19)11-7-8-11/h4-6,9-11H,7-8H2,1-3H3,(H,16,17). The molecule has 4 heteroatoms. The van der Waals surface area contributed by atoms with Crippen LogP contribution in [0.3, 0.4) is 0 Å².